The summed E-state index contributed by atoms with van der Waals surface area (Å²) in [6, 6.07) is 33.6. The molecule has 0 atom stereocenters. The quantitative estimate of drug-likeness (QED) is 0.326. The summed E-state index contributed by atoms with van der Waals surface area (Å²) in [6.07, 6.45) is 0. The molecule has 5 rings (SSSR count). The minimum absolute atomic E-state index is 0.854. The highest BCUT2D eigenvalue weighted by molar-refractivity contribution is 7.22. The normalized spacial score (nSPS) is 11.1. The first-order valence-corrected chi connectivity index (χ1v) is 9.42. The van der Waals surface area contributed by atoms with Gasteiger partial charge in [-0.2, -0.15) is 0 Å². The fraction of sp³-hybridized carbons (Fsp3) is 0. The van der Waals surface area contributed by atoms with Crippen molar-refractivity contribution >= 4 is 32.2 Å². The number of ether oxygens (including phenoxy) is 1. The maximum absolute atomic E-state index is 5.98. The van der Waals surface area contributed by atoms with E-state index in [1.807, 2.05) is 47.7 Å². The maximum atomic E-state index is 5.98. The topological polar surface area (TPSA) is 9.23 Å². The summed E-state index contributed by atoms with van der Waals surface area (Å²) in [7, 11) is 0. The summed E-state index contributed by atoms with van der Waals surface area (Å²) in [5.41, 5.74) is 1.25. The predicted octanol–water partition coefficient (Wildman–Crippen LogP) is 7.51. The summed E-state index contributed by atoms with van der Waals surface area (Å²) in [4.78, 5) is 1.29. The molecule has 0 aliphatic heterocycles. The van der Waals surface area contributed by atoms with Gasteiger partial charge in [0.05, 0.1) is 0 Å². The van der Waals surface area contributed by atoms with Crippen molar-refractivity contribution in [2.45, 2.75) is 0 Å². The van der Waals surface area contributed by atoms with E-state index in [0.717, 1.165) is 11.5 Å². The molecule has 26 heavy (non-hydrogen) atoms. The molecule has 1 nitrogen and oxygen atoms in total. The summed E-state index contributed by atoms with van der Waals surface area (Å²) in [5, 5.41) is 3.71. The van der Waals surface area contributed by atoms with Crippen molar-refractivity contribution in [3.63, 3.8) is 0 Å². The first kappa shape index (κ1) is 15.2. The minimum Gasteiger partial charge on any atom is -0.457 e. The highest BCUT2D eigenvalue weighted by atomic mass is 32.1. The number of rotatable bonds is 3. The molecular formula is C24H16OS. The Balaban J connectivity index is 1.55. The van der Waals surface area contributed by atoms with Crippen LogP contribution in [0.15, 0.2) is 97.1 Å². The van der Waals surface area contributed by atoms with Gasteiger partial charge in [0.1, 0.15) is 11.5 Å². The molecule has 0 saturated heterocycles. The van der Waals surface area contributed by atoms with Crippen LogP contribution in [0.2, 0.25) is 0 Å². The van der Waals surface area contributed by atoms with Gasteiger partial charge in [-0.15, -0.1) is 11.3 Å². The third kappa shape index (κ3) is 2.85. The SMILES string of the molecule is c1ccc(Oc2ccc3ccc(-c4cc5ccccc5s4)cc3c2)cc1. The van der Waals surface area contributed by atoms with E-state index in [1.165, 1.54) is 31.3 Å². The van der Waals surface area contributed by atoms with E-state index in [-0.39, 0.29) is 0 Å². The molecule has 124 valence electrons. The van der Waals surface area contributed by atoms with Gasteiger partial charge in [0.2, 0.25) is 0 Å². The molecule has 0 aliphatic rings. The lowest BCUT2D eigenvalue weighted by Crippen LogP contribution is -1.84. The van der Waals surface area contributed by atoms with E-state index in [9.17, 15) is 0 Å². The van der Waals surface area contributed by atoms with Crippen molar-refractivity contribution in [2.24, 2.45) is 0 Å². The summed E-state index contributed by atoms with van der Waals surface area (Å²) in [5.74, 6) is 1.71. The average Bonchev–Trinajstić information content (AvgIpc) is 3.12. The van der Waals surface area contributed by atoms with Crippen LogP contribution in [-0.4, -0.2) is 0 Å². The molecule has 2 heteroatoms. The molecule has 0 spiro atoms. The molecule has 0 radical (unpaired) electrons. The smallest absolute Gasteiger partial charge is 0.128 e. The zero-order valence-electron chi connectivity index (χ0n) is 14.1. The zero-order chi connectivity index (χ0) is 17.3. The van der Waals surface area contributed by atoms with Crippen LogP contribution in [0.4, 0.5) is 0 Å². The first-order chi connectivity index (χ1) is 12.8. The highest BCUT2D eigenvalue weighted by Gasteiger charge is 2.06. The van der Waals surface area contributed by atoms with Crippen LogP contribution in [0.1, 0.15) is 0 Å². The lowest BCUT2D eigenvalue weighted by molar-refractivity contribution is 0.483. The Kier molecular flexibility index (Phi) is 3.69. The van der Waals surface area contributed by atoms with Gasteiger partial charge >= 0.3 is 0 Å². The van der Waals surface area contributed by atoms with E-state index in [2.05, 4.69) is 60.7 Å². The van der Waals surface area contributed by atoms with Crippen molar-refractivity contribution in [3.8, 4) is 21.9 Å². The Morgan fingerprint density at radius 1 is 0.538 bits per heavy atom. The molecule has 1 heterocycles. The molecule has 0 unspecified atom stereocenters. The molecule has 0 fully saturated rings. The van der Waals surface area contributed by atoms with E-state index in [1.54, 1.807) is 0 Å². The Bertz CT molecular complexity index is 1170. The Morgan fingerprint density at radius 2 is 1.35 bits per heavy atom. The number of para-hydroxylation sites is 1. The predicted molar refractivity (Wildman–Crippen MR) is 111 cm³/mol. The number of benzene rings is 4. The van der Waals surface area contributed by atoms with Crippen LogP contribution in [0.3, 0.4) is 0 Å². The lowest BCUT2D eigenvalue weighted by atomic mass is 10.1. The maximum Gasteiger partial charge on any atom is 0.128 e. The molecule has 0 N–H and O–H groups in total. The summed E-state index contributed by atoms with van der Waals surface area (Å²) < 4.78 is 7.31. The van der Waals surface area contributed by atoms with Gasteiger partial charge < -0.3 is 4.74 Å². The van der Waals surface area contributed by atoms with Crippen LogP contribution in [-0.2, 0) is 0 Å². The summed E-state index contributed by atoms with van der Waals surface area (Å²) >= 11 is 1.83. The fourth-order valence-corrected chi connectivity index (χ4v) is 4.25. The van der Waals surface area contributed by atoms with Gasteiger partial charge in [-0.25, -0.2) is 0 Å². The Hall–Kier alpha value is -3.10. The molecule has 0 aliphatic carbocycles. The average molecular weight is 352 g/mol. The molecule has 0 amide bonds. The van der Waals surface area contributed by atoms with E-state index in [0.29, 0.717) is 0 Å². The van der Waals surface area contributed by atoms with E-state index < -0.39 is 0 Å². The Labute approximate surface area is 156 Å². The Morgan fingerprint density at radius 3 is 2.23 bits per heavy atom. The standard InChI is InChI=1S/C24H16OS/c1-2-7-21(8-3-1)25-22-13-12-17-10-11-19(14-20(17)15-22)24-16-18-6-4-5-9-23(18)26-24/h1-16H. The zero-order valence-corrected chi connectivity index (χ0v) is 14.9. The number of hydrogen-bond acceptors (Lipinski definition) is 2. The third-order valence-corrected chi connectivity index (χ3v) is 5.67. The van der Waals surface area contributed by atoms with Crippen LogP contribution in [0.25, 0.3) is 31.3 Å². The molecular weight excluding hydrogens is 336 g/mol. The van der Waals surface area contributed by atoms with Crippen molar-refractivity contribution in [1.29, 1.82) is 0 Å². The second-order valence-electron chi connectivity index (χ2n) is 6.29. The monoisotopic (exact) mass is 352 g/mol. The number of fused-ring (bicyclic) bond motifs is 2. The van der Waals surface area contributed by atoms with Gasteiger partial charge in [0, 0.05) is 9.58 Å². The fourth-order valence-electron chi connectivity index (χ4n) is 3.19. The molecule has 4 aromatic carbocycles. The van der Waals surface area contributed by atoms with Gasteiger partial charge in [-0.3, -0.25) is 0 Å². The summed E-state index contributed by atoms with van der Waals surface area (Å²) in [6.45, 7) is 0. The molecule has 0 saturated carbocycles. The van der Waals surface area contributed by atoms with Gasteiger partial charge in [0.25, 0.3) is 0 Å². The minimum atomic E-state index is 0.854. The van der Waals surface area contributed by atoms with Gasteiger partial charge in [0.15, 0.2) is 0 Å². The van der Waals surface area contributed by atoms with Gasteiger partial charge in [-0.05, 0) is 64.2 Å². The second-order valence-corrected chi connectivity index (χ2v) is 7.37. The van der Waals surface area contributed by atoms with E-state index in [4.69, 9.17) is 4.74 Å². The number of hydrogen-bond donors (Lipinski definition) is 0. The van der Waals surface area contributed by atoms with Crippen molar-refractivity contribution in [3.05, 3.63) is 97.1 Å². The van der Waals surface area contributed by atoms with Crippen LogP contribution >= 0.6 is 11.3 Å². The van der Waals surface area contributed by atoms with Crippen LogP contribution < -0.4 is 4.74 Å². The molecule has 1 aromatic heterocycles. The van der Waals surface area contributed by atoms with Crippen molar-refractivity contribution in [2.75, 3.05) is 0 Å². The third-order valence-electron chi connectivity index (χ3n) is 4.50. The van der Waals surface area contributed by atoms with E-state index >= 15 is 0 Å². The highest BCUT2D eigenvalue weighted by Crippen LogP contribution is 2.35. The number of thiophene rings is 1. The van der Waals surface area contributed by atoms with Crippen molar-refractivity contribution < 1.29 is 4.74 Å². The largest absolute Gasteiger partial charge is 0.457 e. The first-order valence-electron chi connectivity index (χ1n) is 8.61. The van der Waals surface area contributed by atoms with Gasteiger partial charge in [-0.1, -0.05) is 54.6 Å². The molecule has 0 bridgehead atoms. The van der Waals surface area contributed by atoms with Crippen LogP contribution in [0, 0.1) is 0 Å². The lowest BCUT2D eigenvalue weighted by Gasteiger charge is -2.07. The molecule has 5 aromatic rings. The van der Waals surface area contributed by atoms with Crippen LogP contribution in [0.5, 0.6) is 11.5 Å². The van der Waals surface area contributed by atoms with Crippen molar-refractivity contribution in [1.82, 2.24) is 0 Å². The second kappa shape index (κ2) is 6.32.